The Kier molecular flexibility index (Phi) is 6.32. The SMILES string of the molecule is CC[S+](NC(=O)OC(C)(C)C(Cl)(Cl)Cl)c1ccccc1. The van der Waals surface area contributed by atoms with E-state index in [1.807, 2.05) is 37.3 Å². The maximum Gasteiger partial charge on any atom is 0.450 e. The van der Waals surface area contributed by atoms with Crippen molar-refractivity contribution in [2.24, 2.45) is 0 Å². The Hall–Kier alpha value is -0.290. The van der Waals surface area contributed by atoms with Gasteiger partial charge in [-0.15, -0.1) is 4.72 Å². The Bertz CT molecular complexity index is 449. The molecule has 20 heavy (non-hydrogen) atoms. The summed E-state index contributed by atoms with van der Waals surface area (Å²) in [5.41, 5.74) is -1.22. The van der Waals surface area contributed by atoms with Crippen LogP contribution in [-0.2, 0) is 15.8 Å². The van der Waals surface area contributed by atoms with Gasteiger partial charge in [0, 0.05) is 0 Å². The summed E-state index contributed by atoms with van der Waals surface area (Å²) in [6.07, 6.45) is -0.602. The van der Waals surface area contributed by atoms with Crippen LogP contribution in [0.5, 0.6) is 0 Å². The molecule has 1 aromatic rings. The molecule has 0 saturated carbocycles. The number of rotatable bonds is 4. The van der Waals surface area contributed by atoms with Crippen LogP contribution in [-0.4, -0.2) is 21.2 Å². The minimum atomic E-state index is -1.69. The molecule has 0 spiro atoms. The first kappa shape index (κ1) is 17.8. The van der Waals surface area contributed by atoms with E-state index >= 15 is 0 Å². The summed E-state index contributed by atoms with van der Waals surface area (Å²) < 4.78 is 6.33. The number of amides is 1. The van der Waals surface area contributed by atoms with Crippen LogP contribution in [0.25, 0.3) is 0 Å². The van der Waals surface area contributed by atoms with E-state index in [1.54, 1.807) is 13.8 Å². The van der Waals surface area contributed by atoms with Crippen molar-refractivity contribution >= 4 is 52.0 Å². The lowest BCUT2D eigenvalue weighted by Crippen LogP contribution is -2.45. The molecule has 1 atom stereocenters. The van der Waals surface area contributed by atoms with Gasteiger partial charge in [-0.2, -0.15) is 0 Å². The summed E-state index contributed by atoms with van der Waals surface area (Å²) in [4.78, 5) is 13.0. The van der Waals surface area contributed by atoms with E-state index in [-0.39, 0.29) is 0 Å². The van der Waals surface area contributed by atoms with Crippen molar-refractivity contribution in [3.63, 3.8) is 0 Å². The van der Waals surface area contributed by atoms with Crippen LogP contribution in [0.4, 0.5) is 4.79 Å². The molecule has 0 fully saturated rings. The van der Waals surface area contributed by atoms with Gasteiger partial charge in [-0.05, 0) is 32.9 Å². The molecule has 1 N–H and O–H groups in total. The quantitative estimate of drug-likeness (QED) is 0.637. The average molecular weight is 358 g/mol. The van der Waals surface area contributed by atoms with Crippen LogP contribution in [0.15, 0.2) is 35.2 Å². The molecule has 7 heteroatoms. The van der Waals surface area contributed by atoms with Crippen LogP contribution in [0.1, 0.15) is 20.8 Å². The number of carbonyl (C=O) groups is 1. The maximum atomic E-state index is 11.9. The Morgan fingerprint density at radius 3 is 2.25 bits per heavy atom. The molecule has 0 radical (unpaired) electrons. The lowest BCUT2D eigenvalue weighted by Gasteiger charge is -2.31. The summed E-state index contributed by atoms with van der Waals surface area (Å²) in [5, 5.41) is 0. The summed E-state index contributed by atoms with van der Waals surface area (Å²) >= 11 is 16.9. The first-order valence-electron chi connectivity index (χ1n) is 5.99. The second kappa shape index (κ2) is 7.12. The zero-order valence-corrected chi connectivity index (χ0v) is 14.5. The molecule has 0 saturated heterocycles. The van der Waals surface area contributed by atoms with Crippen molar-refractivity contribution < 1.29 is 9.53 Å². The number of hydrogen-bond acceptors (Lipinski definition) is 2. The van der Waals surface area contributed by atoms with Crippen LogP contribution >= 0.6 is 34.8 Å². The normalized spacial score (nSPS) is 13.7. The zero-order valence-electron chi connectivity index (χ0n) is 11.5. The third-order valence-corrected chi connectivity index (χ3v) is 5.75. The van der Waals surface area contributed by atoms with E-state index in [1.165, 1.54) is 0 Å². The number of ether oxygens (including phenoxy) is 1. The average Bonchev–Trinajstić information content (AvgIpc) is 2.35. The van der Waals surface area contributed by atoms with Gasteiger partial charge in [0.15, 0.2) is 10.5 Å². The van der Waals surface area contributed by atoms with Crippen LogP contribution in [0, 0.1) is 0 Å². The molecule has 0 aliphatic rings. The summed E-state index contributed by atoms with van der Waals surface area (Å²) in [5.74, 6) is 0.757. The van der Waals surface area contributed by atoms with E-state index < -0.39 is 26.6 Å². The number of benzene rings is 1. The fourth-order valence-electron chi connectivity index (χ4n) is 1.29. The molecule has 0 heterocycles. The first-order valence-corrected chi connectivity index (χ1v) is 8.52. The molecular formula is C13H17Cl3NO2S+. The molecule has 112 valence electrons. The molecule has 3 nitrogen and oxygen atoms in total. The number of nitrogens with one attached hydrogen (secondary N) is 1. The van der Waals surface area contributed by atoms with Gasteiger partial charge in [0.25, 0.3) is 0 Å². The Balaban J connectivity index is 2.70. The number of alkyl halides is 3. The minimum absolute atomic E-state index is 0.440. The molecular weight excluding hydrogens is 341 g/mol. The highest BCUT2D eigenvalue weighted by Crippen LogP contribution is 2.40. The van der Waals surface area contributed by atoms with Gasteiger partial charge in [-0.3, -0.25) is 0 Å². The molecule has 1 amide bonds. The molecule has 0 aliphatic carbocycles. The van der Waals surface area contributed by atoms with E-state index in [0.717, 1.165) is 10.6 Å². The van der Waals surface area contributed by atoms with Crippen molar-refractivity contribution in [3.8, 4) is 0 Å². The highest BCUT2D eigenvalue weighted by Gasteiger charge is 2.45. The number of halogens is 3. The van der Waals surface area contributed by atoms with Gasteiger partial charge < -0.3 is 4.74 Å². The molecule has 0 aromatic heterocycles. The van der Waals surface area contributed by atoms with E-state index in [4.69, 9.17) is 39.5 Å². The van der Waals surface area contributed by atoms with Crippen LogP contribution in [0.3, 0.4) is 0 Å². The van der Waals surface area contributed by atoms with Crippen LogP contribution in [0.2, 0.25) is 0 Å². The van der Waals surface area contributed by atoms with Gasteiger partial charge >= 0.3 is 6.09 Å². The molecule has 1 aromatic carbocycles. The van der Waals surface area contributed by atoms with Crippen molar-refractivity contribution in [2.75, 3.05) is 5.75 Å². The Morgan fingerprint density at radius 1 is 1.25 bits per heavy atom. The lowest BCUT2D eigenvalue weighted by molar-refractivity contribution is 0.0460. The Morgan fingerprint density at radius 2 is 1.80 bits per heavy atom. The van der Waals surface area contributed by atoms with Gasteiger partial charge in [-0.25, -0.2) is 4.79 Å². The Labute approximate surface area is 137 Å². The highest BCUT2D eigenvalue weighted by molar-refractivity contribution is 7.95. The van der Waals surface area contributed by atoms with Gasteiger partial charge in [0.1, 0.15) is 16.8 Å². The van der Waals surface area contributed by atoms with Gasteiger partial charge in [0.2, 0.25) is 3.79 Å². The third-order valence-electron chi connectivity index (χ3n) is 2.55. The van der Waals surface area contributed by atoms with E-state index in [2.05, 4.69) is 4.72 Å². The molecule has 1 rings (SSSR count). The van der Waals surface area contributed by atoms with E-state index in [9.17, 15) is 4.79 Å². The van der Waals surface area contributed by atoms with Crippen molar-refractivity contribution in [3.05, 3.63) is 30.3 Å². The van der Waals surface area contributed by atoms with Crippen molar-refractivity contribution in [1.82, 2.24) is 4.72 Å². The second-order valence-electron chi connectivity index (χ2n) is 4.49. The van der Waals surface area contributed by atoms with Gasteiger partial charge in [-0.1, -0.05) is 53.0 Å². The standard InChI is InChI=1S/C13H16Cl3NO2S/c1-4-20(10-8-6-5-7-9-10)17-11(18)19-12(2,3)13(14,15)16/h5-9H,4H2,1-3H3/p+1. The topological polar surface area (TPSA) is 38.3 Å². The maximum absolute atomic E-state index is 11.9. The number of hydrogen-bond donors (Lipinski definition) is 1. The van der Waals surface area contributed by atoms with Crippen molar-refractivity contribution in [2.45, 2.75) is 35.1 Å². The number of carbonyl (C=O) groups excluding carboxylic acids is 1. The second-order valence-corrected chi connectivity index (χ2v) is 8.81. The monoisotopic (exact) mass is 356 g/mol. The van der Waals surface area contributed by atoms with Crippen molar-refractivity contribution in [1.29, 1.82) is 0 Å². The molecule has 1 unspecified atom stereocenters. The summed E-state index contributed by atoms with van der Waals surface area (Å²) in [7, 11) is 0. The molecule has 0 bridgehead atoms. The lowest BCUT2D eigenvalue weighted by atomic mass is 10.2. The fourth-order valence-corrected chi connectivity index (χ4v) is 2.73. The fraction of sp³-hybridized carbons (Fsp3) is 0.462. The first-order chi connectivity index (χ1) is 9.17. The van der Waals surface area contributed by atoms with E-state index in [0.29, 0.717) is 0 Å². The van der Waals surface area contributed by atoms with Gasteiger partial charge in [0.05, 0.1) is 0 Å². The zero-order chi connectivity index (χ0) is 15.4. The largest absolute Gasteiger partial charge is 0.450 e. The van der Waals surface area contributed by atoms with Crippen LogP contribution < -0.4 is 4.72 Å². The minimum Gasteiger partial charge on any atom is -0.436 e. The predicted octanol–water partition coefficient (Wildman–Crippen LogP) is 4.47. The third kappa shape index (κ3) is 4.92. The smallest absolute Gasteiger partial charge is 0.436 e. The molecule has 0 aliphatic heterocycles. The summed E-state index contributed by atoms with van der Waals surface area (Å²) in [6, 6.07) is 9.66. The predicted molar refractivity (Wildman–Crippen MR) is 86.6 cm³/mol. The summed E-state index contributed by atoms with van der Waals surface area (Å²) in [6.45, 7) is 5.08. The highest BCUT2D eigenvalue weighted by atomic mass is 35.6.